The van der Waals surface area contributed by atoms with Crippen molar-refractivity contribution in [2.45, 2.75) is 13.0 Å². The Labute approximate surface area is 128 Å². The van der Waals surface area contributed by atoms with Crippen molar-refractivity contribution >= 4 is 29.1 Å². The smallest absolute Gasteiger partial charge is 0.270 e. The van der Waals surface area contributed by atoms with E-state index in [9.17, 15) is 9.90 Å². The molecule has 1 aliphatic heterocycles. The monoisotopic (exact) mass is 319 g/mol. The van der Waals surface area contributed by atoms with Crippen molar-refractivity contribution in [3.05, 3.63) is 21.9 Å². The number of β-amino-alcohol motifs (C(OH)–C–C–N with tert-alkyl or cyclic N) is 1. The number of aliphatic hydroxyl groups excluding tert-OH is 1. The van der Waals surface area contributed by atoms with Crippen molar-refractivity contribution in [1.29, 1.82) is 0 Å². The normalized spacial score (nSPS) is 18.4. The van der Waals surface area contributed by atoms with Gasteiger partial charge in [0.1, 0.15) is 10.8 Å². The average Bonchev–Trinajstić information content (AvgIpc) is 2.66. The van der Waals surface area contributed by atoms with E-state index < -0.39 is 0 Å². The van der Waals surface area contributed by atoms with Crippen LogP contribution in [0.2, 0.25) is 10.2 Å². The third-order valence-corrected chi connectivity index (χ3v) is 4.36. The van der Waals surface area contributed by atoms with Gasteiger partial charge in [0.25, 0.3) is 5.91 Å². The Balaban J connectivity index is 2.00. The zero-order valence-corrected chi connectivity index (χ0v) is 13.2. The van der Waals surface area contributed by atoms with Gasteiger partial charge in [-0.1, -0.05) is 23.2 Å². The fourth-order valence-electron chi connectivity index (χ4n) is 2.42. The molecule has 1 amide bonds. The van der Waals surface area contributed by atoms with Gasteiger partial charge in [-0.3, -0.25) is 9.69 Å². The minimum absolute atomic E-state index is 0.0574. The zero-order valence-electron chi connectivity index (χ0n) is 11.6. The van der Waals surface area contributed by atoms with Gasteiger partial charge in [-0.05, 0) is 13.0 Å². The molecule has 2 heterocycles. The van der Waals surface area contributed by atoms with Crippen molar-refractivity contribution in [3.63, 3.8) is 0 Å². The van der Waals surface area contributed by atoms with E-state index in [1.165, 1.54) is 0 Å². The minimum Gasteiger partial charge on any atom is -0.392 e. The summed E-state index contributed by atoms with van der Waals surface area (Å²) in [6, 6.07) is 1.61. The van der Waals surface area contributed by atoms with Gasteiger partial charge in [-0.25, -0.2) is 0 Å². The summed E-state index contributed by atoms with van der Waals surface area (Å²) in [5.41, 5.74) is 0.504. The number of amides is 1. The lowest BCUT2D eigenvalue weighted by Gasteiger charge is -2.35. The van der Waals surface area contributed by atoms with Crippen molar-refractivity contribution in [1.82, 2.24) is 14.4 Å². The first-order chi connectivity index (χ1) is 9.40. The third kappa shape index (κ3) is 3.28. The topological polar surface area (TPSA) is 48.7 Å². The SMILES string of the molecule is CC(O)CN1CCN(C(=O)c2cc(Cl)c(Cl)n2C)CC1. The standard InChI is InChI=1S/C13H19Cl2N3O2/c1-9(19)8-17-3-5-18(6-4-17)13(20)11-7-10(14)12(15)16(11)2/h7,9,19H,3-6,8H2,1-2H3. The van der Waals surface area contributed by atoms with Crippen LogP contribution in [-0.4, -0.2) is 64.2 Å². The molecule has 0 bridgehead atoms. The van der Waals surface area contributed by atoms with Crippen LogP contribution in [0.15, 0.2) is 6.07 Å². The lowest BCUT2D eigenvalue weighted by molar-refractivity contribution is 0.0546. The molecule has 1 aromatic rings. The van der Waals surface area contributed by atoms with Crippen LogP contribution in [-0.2, 0) is 7.05 Å². The molecule has 2 rings (SSSR count). The molecule has 5 nitrogen and oxygen atoms in total. The van der Waals surface area contributed by atoms with E-state index in [1.54, 1.807) is 29.5 Å². The molecule has 1 unspecified atom stereocenters. The third-order valence-electron chi connectivity index (χ3n) is 3.52. The summed E-state index contributed by atoms with van der Waals surface area (Å²) in [6.07, 6.45) is -0.345. The number of rotatable bonds is 3. The fourth-order valence-corrected chi connectivity index (χ4v) is 2.79. The Bertz CT molecular complexity index is 494. The number of aromatic nitrogens is 1. The minimum atomic E-state index is -0.345. The van der Waals surface area contributed by atoms with Crippen molar-refractivity contribution < 1.29 is 9.90 Å². The molecule has 7 heteroatoms. The van der Waals surface area contributed by atoms with E-state index >= 15 is 0 Å². The first-order valence-corrected chi connectivity index (χ1v) is 7.36. The van der Waals surface area contributed by atoms with Crippen LogP contribution in [0.1, 0.15) is 17.4 Å². The highest BCUT2D eigenvalue weighted by Gasteiger charge is 2.25. The quantitative estimate of drug-likeness (QED) is 0.917. The Morgan fingerprint density at radius 3 is 2.40 bits per heavy atom. The van der Waals surface area contributed by atoms with E-state index in [2.05, 4.69) is 4.90 Å². The molecule has 0 aromatic carbocycles. The molecule has 1 aliphatic rings. The second kappa shape index (κ2) is 6.35. The van der Waals surface area contributed by atoms with Crippen molar-refractivity contribution in [3.8, 4) is 0 Å². The van der Waals surface area contributed by atoms with Gasteiger partial charge >= 0.3 is 0 Å². The summed E-state index contributed by atoms with van der Waals surface area (Å²) in [4.78, 5) is 16.4. The molecule has 0 spiro atoms. The number of carbonyl (C=O) groups is 1. The summed E-state index contributed by atoms with van der Waals surface area (Å²) >= 11 is 11.9. The Morgan fingerprint density at radius 1 is 1.35 bits per heavy atom. The molecule has 112 valence electrons. The highest BCUT2D eigenvalue weighted by molar-refractivity contribution is 6.41. The molecule has 1 fully saturated rings. The lowest BCUT2D eigenvalue weighted by atomic mass is 10.2. The average molecular weight is 320 g/mol. The molecule has 1 aromatic heterocycles. The predicted molar refractivity (Wildman–Crippen MR) is 79.5 cm³/mol. The number of halogens is 2. The number of hydrogen-bond acceptors (Lipinski definition) is 3. The van der Waals surface area contributed by atoms with Crippen LogP contribution in [0.3, 0.4) is 0 Å². The number of carbonyl (C=O) groups excluding carboxylic acids is 1. The van der Waals surface area contributed by atoms with E-state index in [-0.39, 0.29) is 12.0 Å². The number of piperazine rings is 1. The summed E-state index contributed by atoms with van der Waals surface area (Å²) in [5.74, 6) is -0.0574. The number of aliphatic hydroxyl groups is 1. The van der Waals surface area contributed by atoms with Crippen molar-refractivity contribution in [2.75, 3.05) is 32.7 Å². The summed E-state index contributed by atoms with van der Waals surface area (Å²) in [5, 5.41) is 10.1. The lowest BCUT2D eigenvalue weighted by Crippen LogP contribution is -2.50. The van der Waals surface area contributed by atoms with Crippen molar-refractivity contribution in [2.24, 2.45) is 7.05 Å². The van der Waals surface area contributed by atoms with E-state index in [4.69, 9.17) is 23.2 Å². The second-order valence-corrected chi connectivity index (χ2v) is 5.93. The maximum atomic E-state index is 12.4. The van der Waals surface area contributed by atoms with Gasteiger partial charge in [-0.15, -0.1) is 0 Å². The molecular formula is C13H19Cl2N3O2. The van der Waals surface area contributed by atoms with E-state index in [0.717, 1.165) is 13.1 Å². The Hall–Kier alpha value is -0.750. The van der Waals surface area contributed by atoms with Gasteiger partial charge in [0.05, 0.1) is 11.1 Å². The molecule has 20 heavy (non-hydrogen) atoms. The van der Waals surface area contributed by atoms with Gasteiger partial charge in [0, 0.05) is 39.8 Å². The highest BCUT2D eigenvalue weighted by atomic mass is 35.5. The Morgan fingerprint density at radius 2 is 1.95 bits per heavy atom. The largest absolute Gasteiger partial charge is 0.392 e. The molecule has 0 aliphatic carbocycles. The van der Waals surface area contributed by atoms with Crippen LogP contribution < -0.4 is 0 Å². The first kappa shape index (κ1) is 15.6. The number of hydrogen-bond donors (Lipinski definition) is 1. The predicted octanol–water partition coefficient (Wildman–Crippen LogP) is 1.47. The van der Waals surface area contributed by atoms with Crippen LogP contribution in [0, 0.1) is 0 Å². The van der Waals surface area contributed by atoms with Gasteiger partial charge < -0.3 is 14.6 Å². The van der Waals surface area contributed by atoms with E-state index in [1.807, 2.05) is 0 Å². The molecular weight excluding hydrogens is 301 g/mol. The van der Waals surface area contributed by atoms with Crippen LogP contribution >= 0.6 is 23.2 Å². The van der Waals surface area contributed by atoms with Gasteiger partial charge in [0.2, 0.25) is 0 Å². The van der Waals surface area contributed by atoms with Crippen LogP contribution in [0.25, 0.3) is 0 Å². The van der Waals surface area contributed by atoms with E-state index in [0.29, 0.717) is 35.5 Å². The molecule has 0 saturated carbocycles. The van der Waals surface area contributed by atoms with Gasteiger partial charge in [0.15, 0.2) is 0 Å². The highest BCUT2D eigenvalue weighted by Crippen LogP contribution is 2.26. The number of nitrogens with zero attached hydrogens (tertiary/aromatic N) is 3. The van der Waals surface area contributed by atoms with Crippen LogP contribution in [0.4, 0.5) is 0 Å². The molecule has 1 N–H and O–H groups in total. The molecule has 0 radical (unpaired) electrons. The zero-order chi connectivity index (χ0) is 14.9. The maximum absolute atomic E-state index is 12.4. The fraction of sp³-hybridized carbons (Fsp3) is 0.615. The summed E-state index contributed by atoms with van der Waals surface area (Å²) in [6.45, 7) is 5.23. The van der Waals surface area contributed by atoms with Crippen LogP contribution in [0.5, 0.6) is 0 Å². The maximum Gasteiger partial charge on any atom is 0.270 e. The molecule has 1 atom stereocenters. The molecule has 1 saturated heterocycles. The first-order valence-electron chi connectivity index (χ1n) is 6.60. The van der Waals surface area contributed by atoms with Gasteiger partial charge in [-0.2, -0.15) is 0 Å². The second-order valence-electron chi connectivity index (χ2n) is 5.17. The summed E-state index contributed by atoms with van der Waals surface area (Å²) in [7, 11) is 1.73. The summed E-state index contributed by atoms with van der Waals surface area (Å²) < 4.78 is 1.61. The Kier molecular flexibility index (Phi) is 4.96.